The number of carbonyl (C=O) groups is 5. The number of aliphatic carboxylic acids is 1. The second kappa shape index (κ2) is 14.6. The first-order valence-corrected chi connectivity index (χ1v) is 10.5. The lowest BCUT2D eigenvalue weighted by atomic mass is 10.0. The van der Waals surface area contributed by atoms with Crippen molar-refractivity contribution in [2.24, 2.45) is 33.8 Å². The van der Waals surface area contributed by atoms with Gasteiger partial charge in [0.25, 0.3) is 0 Å². The summed E-state index contributed by atoms with van der Waals surface area (Å²) in [6.07, 6.45) is 0.205. The van der Waals surface area contributed by atoms with Gasteiger partial charge in [-0.1, -0.05) is 13.8 Å². The molecule has 0 radical (unpaired) electrons. The Bertz CT molecular complexity index is 738. The third-order valence-corrected chi connectivity index (χ3v) is 4.41. The smallest absolute Gasteiger partial charge is 0.325 e. The van der Waals surface area contributed by atoms with E-state index < -0.39 is 60.2 Å². The second-order valence-electron chi connectivity index (χ2n) is 8.05. The average Bonchev–Trinajstić information content (AvgIpc) is 2.68. The Morgan fingerprint density at radius 1 is 0.879 bits per heavy atom. The summed E-state index contributed by atoms with van der Waals surface area (Å²) in [6, 6.07) is -4.59. The maximum atomic E-state index is 12.9. The highest BCUT2D eigenvalue weighted by Gasteiger charge is 2.29. The first-order valence-electron chi connectivity index (χ1n) is 10.5. The first kappa shape index (κ1) is 29.6. The number of hydrogen-bond acceptors (Lipinski definition) is 7. The van der Waals surface area contributed by atoms with Crippen LogP contribution in [0, 0.1) is 5.92 Å². The van der Waals surface area contributed by atoms with E-state index in [-0.39, 0.29) is 31.3 Å². The van der Waals surface area contributed by atoms with Crippen LogP contribution in [0.25, 0.3) is 0 Å². The maximum Gasteiger partial charge on any atom is 0.325 e. The van der Waals surface area contributed by atoms with Gasteiger partial charge in [-0.2, -0.15) is 0 Å². The van der Waals surface area contributed by atoms with E-state index in [1.165, 1.54) is 6.92 Å². The normalized spacial score (nSPS) is 14.3. The molecule has 12 N–H and O–H groups in total. The predicted molar refractivity (Wildman–Crippen MR) is 120 cm³/mol. The zero-order valence-electron chi connectivity index (χ0n) is 19.2. The van der Waals surface area contributed by atoms with Crippen molar-refractivity contribution >= 4 is 35.6 Å². The summed E-state index contributed by atoms with van der Waals surface area (Å²) in [6.45, 7) is 5.12. The van der Waals surface area contributed by atoms with Crippen molar-refractivity contribution in [3.8, 4) is 0 Å². The highest BCUT2D eigenvalue weighted by Crippen LogP contribution is 2.08. The molecule has 0 aromatic carbocycles. The lowest BCUT2D eigenvalue weighted by Gasteiger charge is -2.25. The molecule has 0 saturated carbocycles. The standard InChI is InChI=1S/C19H36N8O6/c1-9(2)7-13(17(31)25-10(3)18(32)33)27-16(30)12(5-4-6-24-19(22)23)26-15(29)11(20)8-14(21)28/h9-13H,4-8,20H2,1-3H3,(H2,21,28)(H,25,31)(H,26,29)(H,27,30)(H,32,33)(H4,22,23,24). The molecule has 0 aromatic heterocycles. The van der Waals surface area contributed by atoms with Gasteiger partial charge in [0, 0.05) is 6.54 Å². The number of carboxylic acid groups (broad SMARTS) is 1. The van der Waals surface area contributed by atoms with Crippen LogP contribution in [0.15, 0.2) is 4.99 Å². The van der Waals surface area contributed by atoms with Crippen molar-refractivity contribution in [3.05, 3.63) is 0 Å². The van der Waals surface area contributed by atoms with Crippen LogP contribution in [0.1, 0.15) is 46.5 Å². The molecular weight excluding hydrogens is 436 g/mol. The van der Waals surface area contributed by atoms with Crippen LogP contribution in [0.2, 0.25) is 0 Å². The summed E-state index contributed by atoms with van der Waals surface area (Å²) < 4.78 is 0. The summed E-state index contributed by atoms with van der Waals surface area (Å²) in [5.41, 5.74) is 21.2. The average molecular weight is 473 g/mol. The summed E-state index contributed by atoms with van der Waals surface area (Å²) >= 11 is 0. The zero-order valence-corrected chi connectivity index (χ0v) is 19.2. The van der Waals surface area contributed by atoms with Crippen LogP contribution in [-0.2, 0) is 24.0 Å². The van der Waals surface area contributed by atoms with E-state index in [0.717, 1.165) is 0 Å². The number of aliphatic imine (C=N–C) groups is 1. The quantitative estimate of drug-likeness (QED) is 0.0678. The Morgan fingerprint density at radius 3 is 1.91 bits per heavy atom. The Labute approximate surface area is 192 Å². The van der Waals surface area contributed by atoms with E-state index >= 15 is 0 Å². The van der Waals surface area contributed by atoms with Gasteiger partial charge in [0.15, 0.2) is 5.96 Å². The SMILES string of the molecule is CC(C)CC(NC(=O)C(CCCN=C(N)N)NC(=O)C(N)CC(N)=O)C(=O)NC(C)C(=O)O. The molecule has 14 nitrogen and oxygen atoms in total. The fraction of sp³-hybridized carbons (Fsp3) is 0.684. The van der Waals surface area contributed by atoms with Crippen molar-refractivity contribution in [3.63, 3.8) is 0 Å². The number of nitrogens with zero attached hydrogens (tertiary/aromatic N) is 1. The number of hydrogen-bond donors (Lipinski definition) is 8. The van der Waals surface area contributed by atoms with Gasteiger partial charge < -0.3 is 44.0 Å². The number of nitrogens with one attached hydrogen (secondary N) is 3. The fourth-order valence-electron chi connectivity index (χ4n) is 2.71. The van der Waals surface area contributed by atoms with Crippen LogP contribution < -0.4 is 38.9 Å². The van der Waals surface area contributed by atoms with E-state index in [4.69, 9.17) is 28.0 Å². The van der Waals surface area contributed by atoms with Crippen LogP contribution in [0.3, 0.4) is 0 Å². The second-order valence-corrected chi connectivity index (χ2v) is 8.05. The van der Waals surface area contributed by atoms with E-state index in [9.17, 15) is 24.0 Å². The van der Waals surface area contributed by atoms with E-state index in [1.807, 2.05) is 13.8 Å². The van der Waals surface area contributed by atoms with Gasteiger partial charge in [0.05, 0.1) is 12.5 Å². The number of rotatable bonds is 15. The molecule has 188 valence electrons. The van der Waals surface area contributed by atoms with E-state index in [0.29, 0.717) is 6.42 Å². The summed E-state index contributed by atoms with van der Waals surface area (Å²) in [4.78, 5) is 63.7. The summed E-state index contributed by atoms with van der Waals surface area (Å²) in [5, 5.41) is 16.3. The van der Waals surface area contributed by atoms with Crippen molar-refractivity contribution in [2.75, 3.05) is 6.54 Å². The molecule has 4 atom stereocenters. The number of nitrogens with two attached hydrogens (primary N) is 4. The molecule has 4 unspecified atom stereocenters. The van der Waals surface area contributed by atoms with Gasteiger partial charge >= 0.3 is 5.97 Å². The molecule has 33 heavy (non-hydrogen) atoms. The van der Waals surface area contributed by atoms with Crippen molar-refractivity contribution < 1.29 is 29.1 Å². The van der Waals surface area contributed by atoms with Crippen LogP contribution in [0.5, 0.6) is 0 Å². The molecule has 0 rings (SSSR count). The molecule has 0 aliphatic heterocycles. The lowest BCUT2D eigenvalue weighted by molar-refractivity contribution is -0.142. The van der Waals surface area contributed by atoms with Crippen molar-refractivity contribution in [1.82, 2.24) is 16.0 Å². The number of amides is 4. The van der Waals surface area contributed by atoms with Crippen LogP contribution in [-0.4, -0.2) is 71.4 Å². The topological polar surface area (TPSA) is 258 Å². The first-order chi connectivity index (χ1) is 15.2. The van der Waals surface area contributed by atoms with Crippen molar-refractivity contribution in [2.45, 2.75) is 70.6 Å². The third kappa shape index (κ3) is 12.9. The Morgan fingerprint density at radius 2 is 1.42 bits per heavy atom. The third-order valence-electron chi connectivity index (χ3n) is 4.41. The van der Waals surface area contributed by atoms with E-state index in [1.54, 1.807) is 0 Å². The molecule has 0 heterocycles. The van der Waals surface area contributed by atoms with Gasteiger partial charge in [0.2, 0.25) is 23.6 Å². The minimum Gasteiger partial charge on any atom is -0.480 e. The minimum absolute atomic E-state index is 0.0138. The van der Waals surface area contributed by atoms with E-state index in [2.05, 4.69) is 20.9 Å². The highest BCUT2D eigenvalue weighted by molar-refractivity contribution is 5.94. The zero-order chi connectivity index (χ0) is 25.7. The predicted octanol–water partition coefficient (Wildman–Crippen LogP) is -3.15. The molecule has 0 spiro atoms. The van der Waals surface area contributed by atoms with Gasteiger partial charge in [-0.05, 0) is 32.1 Å². The highest BCUT2D eigenvalue weighted by atomic mass is 16.4. The lowest BCUT2D eigenvalue weighted by Crippen LogP contribution is -2.57. The minimum atomic E-state index is -1.26. The van der Waals surface area contributed by atoms with Gasteiger partial charge in [-0.3, -0.25) is 29.0 Å². The maximum absolute atomic E-state index is 12.9. The Kier molecular flexibility index (Phi) is 13.1. The summed E-state index contributed by atoms with van der Waals surface area (Å²) in [5.74, 6) is -4.31. The molecule has 0 aliphatic carbocycles. The number of carboxylic acids is 1. The molecule has 4 amide bonds. The van der Waals surface area contributed by atoms with Crippen LogP contribution >= 0.6 is 0 Å². The van der Waals surface area contributed by atoms with Crippen LogP contribution in [0.4, 0.5) is 0 Å². The molecule has 14 heteroatoms. The van der Waals surface area contributed by atoms with Crippen molar-refractivity contribution in [1.29, 1.82) is 0 Å². The molecule has 0 aliphatic rings. The van der Waals surface area contributed by atoms with Gasteiger partial charge in [-0.15, -0.1) is 0 Å². The molecule has 0 fully saturated rings. The monoisotopic (exact) mass is 472 g/mol. The Balaban J connectivity index is 5.47. The molecular formula is C19H36N8O6. The Hall–Kier alpha value is -3.42. The largest absolute Gasteiger partial charge is 0.480 e. The van der Waals surface area contributed by atoms with Gasteiger partial charge in [0.1, 0.15) is 18.1 Å². The molecule has 0 aromatic rings. The number of primary amides is 1. The molecule has 0 bridgehead atoms. The number of carbonyl (C=O) groups excluding carboxylic acids is 4. The number of guanidine groups is 1. The summed E-state index contributed by atoms with van der Waals surface area (Å²) in [7, 11) is 0. The molecule has 0 saturated heterocycles. The fourth-order valence-corrected chi connectivity index (χ4v) is 2.71. The van der Waals surface area contributed by atoms with Gasteiger partial charge in [-0.25, -0.2) is 0 Å².